The van der Waals surface area contributed by atoms with Crippen molar-refractivity contribution >= 4 is 17.9 Å². The van der Waals surface area contributed by atoms with Crippen molar-refractivity contribution in [3.05, 3.63) is 72.9 Å². The number of carbonyl (C=O) groups excluding carboxylic acids is 3. The molecule has 1 unspecified atom stereocenters. The second-order valence-electron chi connectivity index (χ2n) is 23.8. The van der Waals surface area contributed by atoms with Crippen molar-refractivity contribution in [1.82, 2.24) is 0 Å². The van der Waals surface area contributed by atoms with Crippen LogP contribution in [-0.2, 0) is 28.6 Å². The van der Waals surface area contributed by atoms with Crippen molar-refractivity contribution < 1.29 is 28.6 Å². The summed E-state index contributed by atoms with van der Waals surface area (Å²) in [5, 5.41) is 0. The van der Waals surface area contributed by atoms with E-state index in [4.69, 9.17) is 14.2 Å². The normalized spacial score (nSPS) is 12.5. The summed E-state index contributed by atoms with van der Waals surface area (Å²) in [7, 11) is 0. The fraction of sp³-hybridized carbons (Fsp3) is 0.800. The van der Waals surface area contributed by atoms with Crippen LogP contribution in [0, 0.1) is 0 Å². The highest BCUT2D eigenvalue weighted by Gasteiger charge is 2.19. The minimum atomic E-state index is -0.788. The van der Waals surface area contributed by atoms with E-state index < -0.39 is 6.10 Å². The summed E-state index contributed by atoms with van der Waals surface area (Å²) in [6.45, 7) is 6.56. The first-order chi connectivity index (χ1) is 40.0. The zero-order valence-corrected chi connectivity index (χ0v) is 54.1. The maximum absolute atomic E-state index is 13.0. The van der Waals surface area contributed by atoms with Gasteiger partial charge in [0.25, 0.3) is 0 Å². The molecule has 0 aromatic carbocycles. The SMILES string of the molecule is CC/C=C\C/C=C\C/C=C\C/C=C\CCCCCCC(=O)OCC(COC(=O)CCCCCCCCCCCCCCCCC/C=C\CCCCCCCCCC)OC(=O)CCCCCCCCCCC/C=C\CCCCCCCC. The number of hydrogen-bond acceptors (Lipinski definition) is 6. The summed E-state index contributed by atoms with van der Waals surface area (Å²) in [6.07, 6.45) is 90.7. The number of esters is 3. The molecule has 6 nitrogen and oxygen atoms in total. The Bertz CT molecular complexity index is 1490. The Morgan fingerprint density at radius 3 is 0.765 bits per heavy atom. The smallest absolute Gasteiger partial charge is 0.306 e. The van der Waals surface area contributed by atoms with Gasteiger partial charge in [0.1, 0.15) is 13.2 Å². The van der Waals surface area contributed by atoms with Gasteiger partial charge in [0, 0.05) is 19.3 Å². The van der Waals surface area contributed by atoms with Gasteiger partial charge in [-0.15, -0.1) is 0 Å². The van der Waals surface area contributed by atoms with Crippen molar-refractivity contribution in [2.45, 2.75) is 374 Å². The topological polar surface area (TPSA) is 78.9 Å². The quantitative estimate of drug-likeness (QED) is 0.0261. The number of unbranched alkanes of at least 4 members (excludes halogenated alkanes) is 42. The van der Waals surface area contributed by atoms with E-state index in [0.717, 1.165) is 96.3 Å². The van der Waals surface area contributed by atoms with Crippen molar-refractivity contribution in [1.29, 1.82) is 0 Å². The van der Waals surface area contributed by atoms with Crippen molar-refractivity contribution in [2.24, 2.45) is 0 Å². The van der Waals surface area contributed by atoms with Crippen LogP contribution >= 0.6 is 0 Å². The number of rotatable bonds is 65. The van der Waals surface area contributed by atoms with Gasteiger partial charge in [-0.25, -0.2) is 0 Å². The number of ether oxygens (including phenoxy) is 3. The molecule has 0 heterocycles. The highest BCUT2D eigenvalue weighted by molar-refractivity contribution is 5.71. The molecule has 0 N–H and O–H groups in total. The minimum absolute atomic E-state index is 0.0814. The van der Waals surface area contributed by atoms with E-state index in [-0.39, 0.29) is 31.1 Å². The molecule has 0 saturated carbocycles. The van der Waals surface area contributed by atoms with Crippen LogP contribution in [0.15, 0.2) is 72.9 Å². The Balaban J connectivity index is 4.31. The third kappa shape index (κ3) is 67.5. The predicted octanol–water partition coefficient (Wildman–Crippen LogP) is 24.4. The molecule has 0 bridgehead atoms. The lowest BCUT2D eigenvalue weighted by molar-refractivity contribution is -0.167. The van der Waals surface area contributed by atoms with E-state index in [1.165, 1.54) is 231 Å². The van der Waals surface area contributed by atoms with E-state index in [0.29, 0.717) is 19.3 Å². The first-order valence-electron chi connectivity index (χ1n) is 35.4. The second kappa shape index (κ2) is 69.3. The van der Waals surface area contributed by atoms with Crippen LogP contribution in [0.25, 0.3) is 0 Å². The minimum Gasteiger partial charge on any atom is -0.462 e. The molecule has 0 aliphatic carbocycles. The monoisotopic (exact) mass is 1130 g/mol. The van der Waals surface area contributed by atoms with Crippen LogP contribution in [0.5, 0.6) is 0 Å². The molecule has 0 aliphatic rings. The Morgan fingerprint density at radius 2 is 0.481 bits per heavy atom. The highest BCUT2D eigenvalue weighted by Crippen LogP contribution is 2.18. The second-order valence-corrected chi connectivity index (χ2v) is 23.8. The molecule has 1 atom stereocenters. The lowest BCUT2D eigenvalue weighted by Crippen LogP contribution is -2.30. The zero-order chi connectivity index (χ0) is 58.5. The Labute approximate surface area is 503 Å². The standard InChI is InChI=1S/C75H134O6/c1-4-7-10-13-16-19-22-25-28-31-33-34-35-36-37-38-39-40-42-44-47-50-53-56-59-62-65-68-74(77)80-71-72(70-79-73(76)67-64-61-58-55-52-49-46-43-30-27-24-21-18-15-12-9-6-3)81-75(78)69-66-63-60-57-54-51-48-45-41-32-29-26-23-20-17-14-11-8-5-2/h9,12,18,21,26-27,29-31,33,46,49,72H,4-8,10-11,13-17,19-20,22-25,28,32,34-45,47-48,50-71H2,1-3H3/b12-9-,21-18-,29-26-,30-27-,33-31-,49-46-. The predicted molar refractivity (Wildman–Crippen MR) is 353 cm³/mol. The van der Waals surface area contributed by atoms with Crippen molar-refractivity contribution in [3.8, 4) is 0 Å². The average Bonchev–Trinajstić information content (AvgIpc) is 3.47. The van der Waals surface area contributed by atoms with Crippen LogP contribution < -0.4 is 0 Å². The maximum Gasteiger partial charge on any atom is 0.306 e. The third-order valence-corrected chi connectivity index (χ3v) is 15.7. The molecular formula is C75H134O6. The Kier molecular flexibility index (Phi) is 66.6. The van der Waals surface area contributed by atoms with Crippen LogP contribution in [0.3, 0.4) is 0 Å². The summed E-state index contributed by atoms with van der Waals surface area (Å²) in [6, 6.07) is 0. The van der Waals surface area contributed by atoms with E-state index in [9.17, 15) is 14.4 Å². The van der Waals surface area contributed by atoms with Gasteiger partial charge in [-0.1, -0.05) is 312 Å². The van der Waals surface area contributed by atoms with Gasteiger partial charge in [0.15, 0.2) is 6.10 Å². The third-order valence-electron chi connectivity index (χ3n) is 15.7. The Morgan fingerprint density at radius 1 is 0.259 bits per heavy atom. The summed E-state index contributed by atoms with van der Waals surface area (Å²) in [4.78, 5) is 38.5. The Hall–Kier alpha value is -3.15. The molecule has 0 aromatic rings. The summed E-state index contributed by atoms with van der Waals surface area (Å²) in [5.41, 5.74) is 0. The summed E-state index contributed by atoms with van der Waals surface area (Å²) < 4.78 is 17.0. The first kappa shape index (κ1) is 77.9. The van der Waals surface area contributed by atoms with Gasteiger partial charge in [-0.3, -0.25) is 14.4 Å². The lowest BCUT2D eigenvalue weighted by Gasteiger charge is -2.18. The molecule has 0 fully saturated rings. The maximum atomic E-state index is 13.0. The van der Waals surface area contributed by atoms with Gasteiger partial charge in [0.2, 0.25) is 0 Å². The van der Waals surface area contributed by atoms with Gasteiger partial charge < -0.3 is 14.2 Å². The molecule has 81 heavy (non-hydrogen) atoms. The van der Waals surface area contributed by atoms with Crippen LogP contribution in [0.2, 0.25) is 0 Å². The number of carbonyl (C=O) groups is 3. The molecule has 0 rings (SSSR count). The summed E-state index contributed by atoms with van der Waals surface area (Å²) in [5.74, 6) is -0.888. The van der Waals surface area contributed by atoms with E-state index >= 15 is 0 Å². The van der Waals surface area contributed by atoms with Gasteiger partial charge in [0.05, 0.1) is 0 Å². The molecule has 0 radical (unpaired) electrons. The molecule has 0 aromatic heterocycles. The van der Waals surface area contributed by atoms with E-state index in [2.05, 4.69) is 93.7 Å². The van der Waals surface area contributed by atoms with Crippen LogP contribution in [-0.4, -0.2) is 37.2 Å². The molecule has 0 amide bonds. The fourth-order valence-electron chi connectivity index (χ4n) is 10.4. The van der Waals surface area contributed by atoms with Crippen LogP contribution in [0.4, 0.5) is 0 Å². The zero-order valence-electron chi connectivity index (χ0n) is 54.1. The lowest BCUT2D eigenvalue weighted by atomic mass is 10.0. The summed E-state index contributed by atoms with van der Waals surface area (Å²) >= 11 is 0. The molecule has 6 heteroatoms. The number of allylic oxidation sites excluding steroid dienone is 12. The fourth-order valence-corrected chi connectivity index (χ4v) is 10.4. The van der Waals surface area contributed by atoms with E-state index in [1.807, 2.05) is 0 Å². The van der Waals surface area contributed by atoms with Crippen molar-refractivity contribution in [3.63, 3.8) is 0 Å². The largest absolute Gasteiger partial charge is 0.462 e. The molecule has 470 valence electrons. The number of hydrogen-bond donors (Lipinski definition) is 0. The molecule has 0 spiro atoms. The van der Waals surface area contributed by atoms with E-state index in [1.54, 1.807) is 0 Å². The molecule has 0 saturated heterocycles. The first-order valence-corrected chi connectivity index (χ1v) is 35.4. The van der Waals surface area contributed by atoms with Crippen LogP contribution in [0.1, 0.15) is 367 Å². The molecular weight excluding hydrogens is 997 g/mol. The molecule has 0 aliphatic heterocycles. The van der Waals surface area contributed by atoms with Crippen molar-refractivity contribution in [2.75, 3.05) is 13.2 Å². The van der Waals surface area contributed by atoms with Gasteiger partial charge in [-0.05, 0) is 109 Å². The van der Waals surface area contributed by atoms with Gasteiger partial charge in [-0.2, -0.15) is 0 Å². The highest BCUT2D eigenvalue weighted by atomic mass is 16.6. The van der Waals surface area contributed by atoms with Gasteiger partial charge >= 0.3 is 17.9 Å². The average molecular weight is 1130 g/mol.